The molecule has 1 fully saturated rings. The Bertz CT molecular complexity index is 166. The fraction of sp³-hybridized carbons (Fsp3) is 1.00. The van der Waals surface area contributed by atoms with Crippen molar-refractivity contribution in [2.24, 2.45) is 5.92 Å². The van der Waals surface area contributed by atoms with Crippen LogP contribution in [0.5, 0.6) is 0 Å². The Labute approximate surface area is 83.9 Å². The average molecular weight is 203 g/mol. The van der Waals surface area contributed by atoms with Crippen molar-refractivity contribution in [3.8, 4) is 0 Å². The second-order valence-electron chi connectivity index (χ2n) is 3.95. The Kier molecular flexibility index (Phi) is 4.96. The topological polar surface area (TPSA) is 29.1 Å². The summed E-state index contributed by atoms with van der Waals surface area (Å²) in [6.07, 6.45) is 7.19. The number of rotatable bonds is 5. The zero-order valence-corrected chi connectivity index (χ0v) is 9.53. The van der Waals surface area contributed by atoms with E-state index >= 15 is 0 Å². The lowest BCUT2D eigenvalue weighted by Gasteiger charge is -2.23. The van der Waals surface area contributed by atoms with Crippen molar-refractivity contribution in [1.29, 1.82) is 0 Å². The van der Waals surface area contributed by atoms with Crippen LogP contribution < -0.4 is 5.32 Å². The predicted octanol–water partition coefficient (Wildman–Crippen LogP) is 1.53. The van der Waals surface area contributed by atoms with Gasteiger partial charge in [-0.3, -0.25) is 4.21 Å². The normalized spacial score (nSPS) is 23.2. The van der Waals surface area contributed by atoms with Crippen LogP contribution in [0, 0.1) is 5.92 Å². The van der Waals surface area contributed by atoms with E-state index in [2.05, 4.69) is 12.2 Å². The molecule has 2 unspecified atom stereocenters. The fourth-order valence-electron chi connectivity index (χ4n) is 2.24. The first-order valence-electron chi connectivity index (χ1n) is 5.27. The highest BCUT2D eigenvalue weighted by atomic mass is 32.2. The van der Waals surface area contributed by atoms with E-state index in [1.807, 2.05) is 0 Å². The first-order chi connectivity index (χ1) is 6.24. The molecule has 0 aromatic heterocycles. The molecule has 0 spiro atoms. The molecule has 0 heterocycles. The predicted molar refractivity (Wildman–Crippen MR) is 58.4 cm³/mol. The molecular weight excluding hydrogens is 182 g/mol. The van der Waals surface area contributed by atoms with Crippen LogP contribution >= 0.6 is 0 Å². The van der Waals surface area contributed by atoms with Crippen molar-refractivity contribution in [2.45, 2.75) is 38.6 Å². The van der Waals surface area contributed by atoms with Crippen LogP contribution in [0.3, 0.4) is 0 Å². The second kappa shape index (κ2) is 5.76. The summed E-state index contributed by atoms with van der Waals surface area (Å²) < 4.78 is 11.2. The molecule has 0 amide bonds. The van der Waals surface area contributed by atoms with Crippen LogP contribution in [0.4, 0.5) is 0 Å². The molecule has 1 aliphatic carbocycles. The van der Waals surface area contributed by atoms with Crippen LogP contribution in [0.1, 0.15) is 32.6 Å². The smallest absolute Gasteiger partial charge is 0.0388 e. The van der Waals surface area contributed by atoms with Gasteiger partial charge in [0.2, 0.25) is 0 Å². The summed E-state index contributed by atoms with van der Waals surface area (Å²) in [7, 11) is -0.656. The third kappa shape index (κ3) is 3.77. The van der Waals surface area contributed by atoms with Crippen molar-refractivity contribution in [1.82, 2.24) is 5.32 Å². The van der Waals surface area contributed by atoms with E-state index in [0.29, 0.717) is 6.04 Å². The zero-order chi connectivity index (χ0) is 9.68. The van der Waals surface area contributed by atoms with E-state index in [4.69, 9.17) is 0 Å². The number of nitrogens with one attached hydrogen (secondary N) is 1. The Hall–Kier alpha value is 0.110. The maximum atomic E-state index is 11.2. The standard InChI is InChI=1S/C10H21NOS/c1-3-11-10(8-13(2)12)9-6-4-5-7-9/h9-11H,3-8H2,1-2H3. The molecule has 0 aliphatic heterocycles. The minimum atomic E-state index is -0.656. The quantitative estimate of drug-likeness (QED) is 0.734. The largest absolute Gasteiger partial charge is 0.313 e. The van der Waals surface area contributed by atoms with E-state index in [1.54, 1.807) is 6.26 Å². The van der Waals surface area contributed by atoms with Gasteiger partial charge in [-0.1, -0.05) is 19.8 Å². The monoisotopic (exact) mass is 203 g/mol. The van der Waals surface area contributed by atoms with Gasteiger partial charge in [0.15, 0.2) is 0 Å². The summed E-state index contributed by atoms with van der Waals surface area (Å²) in [6, 6.07) is 0.498. The maximum absolute atomic E-state index is 11.2. The molecule has 1 saturated carbocycles. The number of hydrogen-bond acceptors (Lipinski definition) is 2. The van der Waals surface area contributed by atoms with Crippen LogP contribution in [0.25, 0.3) is 0 Å². The Morgan fingerprint density at radius 3 is 2.54 bits per heavy atom. The van der Waals surface area contributed by atoms with E-state index in [0.717, 1.165) is 18.2 Å². The van der Waals surface area contributed by atoms with E-state index in [1.165, 1.54) is 25.7 Å². The molecule has 0 radical (unpaired) electrons. The molecule has 0 saturated heterocycles. The molecule has 1 rings (SSSR count). The lowest BCUT2D eigenvalue weighted by atomic mass is 10.00. The molecule has 0 bridgehead atoms. The van der Waals surface area contributed by atoms with Gasteiger partial charge in [0.25, 0.3) is 0 Å². The summed E-state index contributed by atoms with van der Waals surface area (Å²) in [5.41, 5.74) is 0. The molecule has 78 valence electrons. The van der Waals surface area contributed by atoms with Gasteiger partial charge < -0.3 is 5.32 Å². The molecule has 1 N–H and O–H groups in total. The molecule has 3 heteroatoms. The average Bonchev–Trinajstić information content (AvgIpc) is 2.54. The summed E-state index contributed by atoms with van der Waals surface area (Å²) in [5, 5.41) is 3.46. The Morgan fingerprint density at radius 2 is 2.08 bits per heavy atom. The molecule has 13 heavy (non-hydrogen) atoms. The molecule has 0 aromatic carbocycles. The second-order valence-corrected chi connectivity index (χ2v) is 5.43. The van der Waals surface area contributed by atoms with E-state index < -0.39 is 10.8 Å². The van der Waals surface area contributed by atoms with Crippen LogP contribution in [-0.4, -0.2) is 28.8 Å². The van der Waals surface area contributed by atoms with Gasteiger partial charge in [0.05, 0.1) is 0 Å². The Morgan fingerprint density at radius 1 is 1.46 bits per heavy atom. The van der Waals surface area contributed by atoms with Crippen LogP contribution in [0.15, 0.2) is 0 Å². The van der Waals surface area contributed by atoms with Crippen molar-refractivity contribution in [3.63, 3.8) is 0 Å². The van der Waals surface area contributed by atoms with Gasteiger partial charge in [-0.15, -0.1) is 0 Å². The van der Waals surface area contributed by atoms with Crippen molar-refractivity contribution >= 4 is 10.8 Å². The van der Waals surface area contributed by atoms with Crippen LogP contribution in [-0.2, 0) is 10.8 Å². The number of hydrogen-bond donors (Lipinski definition) is 1. The molecule has 1 aliphatic rings. The zero-order valence-electron chi connectivity index (χ0n) is 8.71. The van der Waals surface area contributed by atoms with Gasteiger partial charge in [-0.25, -0.2) is 0 Å². The maximum Gasteiger partial charge on any atom is 0.0388 e. The summed E-state index contributed by atoms with van der Waals surface area (Å²) >= 11 is 0. The fourth-order valence-corrected chi connectivity index (χ4v) is 3.13. The van der Waals surface area contributed by atoms with Gasteiger partial charge in [-0.2, -0.15) is 0 Å². The molecular formula is C10H21NOS. The van der Waals surface area contributed by atoms with Crippen molar-refractivity contribution < 1.29 is 4.21 Å². The summed E-state index contributed by atoms with van der Waals surface area (Å²) in [6.45, 7) is 3.12. The molecule has 0 aromatic rings. The first kappa shape index (κ1) is 11.2. The summed E-state index contributed by atoms with van der Waals surface area (Å²) in [5.74, 6) is 1.61. The van der Waals surface area contributed by atoms with Crippen molar-refractivity contribution in [3.05, 3.63) is 0 Å². The van der Waals surface area contributed by atoms with Gasteiger partial charge in [0, 0.05) is 28.9 Å². The van der Waals surface area contributed by atoms with Gasteiger partial charge in [-0.05, 0) is 25.3 Å². The van der Waals surface area contributed by atoms with Gasteiger partial charge in [0.1, 0.15) is 0 Å². The van der Waals surface area contributed by atoms with E-state index in [9.17, 15) is 4.21 Å². The SMILES string of the molecule is CCNC(CS(C)=O)C1CCCC1. The highest BCUT2D eigenvalue weighted by Gasteiger charge is 2.24. The minimum Gasteiger partial charge on any atom is -0.313 e. The lowest BCUT2D eigenvalue weighted by molar-refractivity contribution is 0.392. The Balaban J connectivity index is 2.39. The lowest BCUT2D eigenvalue weighted by Crippen LogP contribution is -2.39. The van der Waals surface area contributed by atoms with Gasteiger partial charge >= 0.3 is 0 Å². The molecule has 2 atom stereocenters. The highest BCUT2D eigenvalue weighted by Crippen LogP contribution is 2.27. The van der Waals surface area contributed by atoms with Crippen LogP contribution in [0.2, 0.25) is 0 Å². The first-order valence-corrected chi connectivity index (χ1v) is 7.00. The molecule has 2 nitrogen and oxygen atoms in total. The highest BCUT2D eigenvalue weighted by molar-refractivity contribution is 7.84. The van der Waals surface area contributed by atoms with Crippen molar-refractivity contribution in [2.75, 3.05) is 18.6 Å². The minimum absolute atomic E-state index is 0.498. The third-order valence-electron chi connectivity index (χ3n) is 2.85. The third-order valence-corrected chi connectivity index (χ3v) is 3.68. The van der Waals surface area contributed by atoms with E-state index in [-0.39, 0.29) is 0 Å². The summed E-state index contributed by atoms with van der Waals surface area (Å²) in [4.78, 5) is 0.